The predicted molar refractivity (Wildman–Crippen MR) is 296 cm³/mol. The fourth-order valence-electron chi connectivity index (χ4n) is 11.6. The van der Waals surface area contributed by atoms with Crippen LogP contribution in [0.25, 0.3) is 0 Å². The number of carbonyl (C=O) groups excluding carboxylic acids is 10. The SMILES string of the molecule is CC[C@H](C)[C@H]1NC(=O)[C@@H](NC(=O)C(CC(C)C)N2CCC3(CCCN3C(=O)C(C)C)C2=O)[C@@H](C)OC(=O)[C@H](Cc2ccc(OC)cc2)N(C)C(=O)[C@@H]2CCCN2C(=O)[C@H](CC(C)C)NC(=O)[C@@H](C)C(=O)[C@H](C(C)C)OC(=O)C[C@@H]1O. The molecule has 4 aliphatic rings. The van der Waals surface area contributed by atoms with Crippen LogP contribution in [0, 0.1) is 35.5 Å². The van der Waals surface area contributed by atoms with Crippen LogP contribution in [0.2, 0.25) is 0 Å². The van der Waals surface area contributed by atoms with Crippen LogP contribution >= 0.6 is 0 Å². The van der Waals surface area contributed by atoms with E-state index < -0.39 is 132 Å². The van der Waals surface area contributed by atoms with E-state index in [1.165, 1.54) is 42.7 Å². The highest BCUT2D eigenvalue weighted by molar-refractivity contribution is 6.05. The van der Waals surface area contributed by atoms with E-state index in [0.29, 0.717) is 50.0 Å². The summed E-state index contributed by atoms with van der Waals surface area (Å²) >= 11 is 0. The van der Waals surface area contributed by atoms with Crippen molar-refractivity contribution in [3.8, 4) is 5.75 Å². The molecule has 80 heavy (non-hydrogen) atoms. The van der Waals surface area contributed by atoms with Gasteiger partial charge in [0.1, 0.15) is 47.6 Å². The number of hydrogen-bond donors (Lipinski definition) is 4. The van der Waals surface area contributed by atoms with E-state index in [-0.39, 0.29) is 68.3 Å². The minimum absolute atomic E-state index is 0.110. The number of ketones is 1. The second kappa shape index (κ2) is 28.0. The summed E-state index contributed by atoms with van der Waals surface area (Å²) in [5, 5.41) is 20.3. The summed E-state index contributed by atoms with van der Waals surface area (Å²) in [6.45, 7) is 21.3. The highest BCUT2D eigenvalue weighted by Crippen LogP contribution is 2.41. The van der Waals surface area contributed by atoms with Gasteiger partial charge in [-0.15, -0.1) is 0 Å². The van der Waals surface area contributed by atoms with Gasteiger partial charge in [-0.25, -0.2) is 4.79 Å². The maximum Gasteiger partial charge on any atom is 0.329 e. The van der Waals surface area contributed by atoms with Gasteiger partial charge in [-0.3, -0.25) is 43.2 Å². The Morgan fingerprint density at radius 3 is 2.09 bits per heavy atom. The number of amides is 7. The summed E-state index contributed by atoms with van der Waals surface area (Å²) in [6.07, 6.45) is -2.78. The van der Waals surface area contributed by atoms with Crippen LogP contribution in [0.4, 0.5) is 0 Å². The molecule has 446 valence electrons. The third kappa shape index (κ3) is 15.1. The average Bonchev–Trinajstić information content (AvgIpc) is 4.16. The Labute approximate surface area is 472 Å². The lowest BCUT2D eigenvalue weighted by Crippen LogP contribution is -2.62. The number of ether oxygens (including phenoxy) is 3. The Morgan fingerprint density at radius 2 is 1.50 bits per heavy atom. The van der Waals surface area contributed by atoms with Gasteiger partial charge in [-0.2, -0.15) is 0 Å². The summed E-state index contributed by atoms with van der Waals surface area (Å²) in [7, 11) is 2.92. The topological polar surface area (TPSA) is 268 Å². The quantitative estimate of drug-likeness (QED) is 0.153. The second-order valence-electron chi connectivity index (χ2n) is 24.2. The first kappa shape index (κ1) is 64.7. The number of nitrogens with zero attached hydrogens (tertiary/aromatic N) is 4. The van der Waals surface area contributed by atoms with Crippen molar-refractivity contribution >= 4 is 59.1 Å². The molecule has 4 heterocycles. The van der Waals surface area contributed by atoms with Crippen molar-refractivity contribution in [2.45, 2.75) is 207 Å². The maximum atomic E-state index is 15.1. The molecule has 4 aliphatic heterocycles. The van der Waals surface area contributed by atoms with Crippen molar-refractivity contribution < 1.29 is 67.3 Å². The van der Waals surface area contributed by atoms with E-state index >= 15 is 14.4 Å². The molecule has 21 nitrogen and oxygen atoms in total. The number of carbonyl (C=O) groups is 10. The predicted octanol–water partition coefficient (Wildman–Crippen LogP) is 3.74. The Hall–Kier alpha value is -6.12. The molecule has 0 aromatic heterocycles. The van der Waals surface area contributed by atoms with Gasteiger partial charge in [0.05, 0.1) is 31.6 Å². The van der Waals surface area contributed by atoms with E-state index in [0.717, 1.165) is 0 Å². The van der Waals surface area contributed by atoms with Gasteiger partial charge < -0.3 is 54.9 Å². The molecule has 0 aliphatic carbocycles. The number of nitrogens with one attached hydrogen (secondary N) is 3. The molecule has 0 saturated carbocycles. The third-order valence-electron chi connectivity index (χ3n) is 16.5. The maximum absolute atomic E-state index is 15.1. The minimum Gasteiger partial charge on any atom is -0.497 e. The third-order valence-corrected chi connectivity index (χ3v) is 16.5. The number of Topliss-reactive ketones (excluding diaryl/α,β-unsaturated/α-hetero) is 1. The molecular formula is C59H91N7O14. The van der Waals surface area contributed by atoms with Crippen LogP contribution in [-0.4, -0.2) is 178 Å². The molecule has 1 aromatic rings. The van der Waals surface area contributed by atoms with Crippen molar-refractivity contribution in [2.24, 2.45) is 35.5 Å². The summed E-state index contributed by atoms with van der Waals surface area (Å²) in [6, 6.07) is -0.900. The minimum atomic E-state index is -1.72. The van der Waals surface area contributed by atoms with Crippen molar-refractivity contribution in [2.75, 3.05) is 33.8 Å². The lowest BCUT2D eigenvalue weighted by atomic mass is 9.91. The zero-order valence-electron chi connectivity index (χ0n) is 49.7. The number of cyclic esters (lactones) is 2. The van der Waals surface area contributed by atoms with Crippen LogP contribution in [0.1, 0.15) is 146 Å². The van der Waals surface area contributed by atoms with Crippen molar-refractivity contribution in [1.82, 2.24) is 35.6 Å². The number of rotatable bonds is 14. The van der Waals surface area contributed by atoms with Crippen LogP contribution < -0.4 is 20.7 Å². The number of esters is 2. The molecule has 4 fully saturated rings. The number of likely N-dealkylation sites (tertiary alicyclic amines) is 2. The fraction of sp³-hybridized carbons (Fsp3) is 0.729. The van der Waals surface area contributed by atoms with Gasteiger partial charge in [-0.05, 0) is 100 Å². The van der Waals surface area contributed by atoms with Gasteiger partial charge >= 0.3 is 11.9 Å². The molecule has 21 heteroatoms. The Balaban J connectivity index is 1.62. The molecule has 2 unspecified atom stereocenters. The van der Waals surface area contributed by atoms with Gasteiger partial charge in [0.25, 0.3) is 0 Å². The van der Waals surface area contributed by atoms with Crippen molar-refractivity contribution in [1.29, 1.82) is 0 Å². The zero-order chi connectivity index (χ0) is 59.7. The summed E-state index contributed by atoms with van der Waals surface area (Å²) < 4.78 is 17.3. The van der Waals surface area contributed by atoms with E-state index in [2.05, 4.69) is 16.0 Å². The fourth-order valence-corrected chi connectivity index (χ4v) is 11.6. The summed E-state index contributed by atoms with van der Waals surface area (Å²) in [4.78, 5) is 151. The van der Waals surface area contributed by atoms with Crippen molar-refractivity contribution in [3.63, 3.8) is 0 Å². The van der Waals surface area contributed by atoms with Gasteiger partial charge in [0, 0.05) is 39.0 Å². The molecule has 1 spiro atoms. The zero-order valence-corrected chi connectivity index (χ0v) is 49.7. The van der Waals surface area contributed by atoms with Crippen LogP contribution in [0.5, 0.6) is 5.75 Å². The molecule has 4 N–H and O–H groups in total. The monoisotopic (exact) mass is 1120 g/mol. The number of likely N-dealkylation sites (N-methyl/N-ethyl adjacent to an activating group) is 1. The van der Waals surface area contributed by atoms with Crippen molar-refractivity contribution in [3.05, 3.63) is 29.8 Å². The highest BCUT2D eigenvalue weighted by atomic mass is 16.6. The molecule has 1 aromatic carbocycles. The van der Waals surface area contributed by atoms with E-state index in [4.69, 9.17) is 14.2 Å². The second-order valence-corrected chi connectivity index (χ2v) is 24.2. The average molecular weight is 1120 g/mol. The Kier molecular flexibility index (Phi) is 22.7. The first-order valence-corrected chi connectivity index (χ1v) is 28.9. The lowest BCUT2D eigenvalue weighted by molar-refractivity contribution is -0.163. The van der Waals surface area contributed by atoms with Gasteiger partial charge in [-0.1, -0.05) is 87.8 Å². The number of aliphatic hydroxyl groups is 1. The normalized spacial score (nSPS) is 29.1. The standard InChI is InChI=1S/C59H91N7O14/c1-15-36(10)47-45(67)31-46(68)80-50(34(6)7)49(69)37(11)51(70)60-41(28-32(2)3)55(74)64-25-16-18-42(64)56(75)63(13)44(30-39-19-21-40(78-14)22-20-39)57(76)79-38(12)48(53(72)61-47)62-52(71)43(29-33(4)5)65-27-24-59(58(65)77)23-17-26-66(59)54(73)35(8)9/h19-22,32-38,41-45,47-48,50,67H,15-18,23-31H2,1-14H3,(H,60,70)(H,61,72)(H,62,71)/t36-,37-,38+,41-,42-,43?,44-,45-,47+,48-,50-,59?/m0/s1. The van der Waals surface area contributed by atoms with E-state index in [1.54, 1.807) is 70.7 Å². The Morgan fingerprint density at radius 1 is 0.838 bits per heavy atom. The molecule has 5 rings (SSSR count). The number of methoxy groups -OCH3 is 1. The number of benzene rings is 1. The van der Waals surface area contributed by atoms with E-state index in [1.807, 2.05) is 27.7 Å². The molecule has 0 bridgehead atoms. The molecular weight excluding hydrogens is 1030 g/mol. The van der Waals surface area contributed by atoms with Crippen LogP contribution in [0.3, 0.4) is 0 Å². The first-order valence-electron chi connectivity index (χ1n) is 28.9. The number of fused-ring (bicyclic) bond motifs is 1. The summed E-state index contributed by atoms with van der Waals surface area (Å²) in [5.41, 5.74) is -0.546. The molecule has 4 saturated heterocycles. The largest absolute Gasteiger partial charge is 0.497 e. The molecule has 7 amide bonds. The number of hydrogen-bond acceptors (Lipinski definition) is 14. The molecule has 0 radical (unpaired) electrons. The number of aliphatic hydroxyl groups excluding tert-OH is 1. The van der Waals surface area contributed by atoms with Gasteiger partial charge in [0.15, 0.2) is 11.9 Å². The summed E-state index contributed by atoms with van der Waals surface area (Å²) in [5.74, 6) is -9.59. The highest BCUT2D eigenvalue weighted by Gasteiger charge is 2.57. The van der Waals surface area contributed by atoms with Crippen LogP contribution in [0.15, 0.2) is 24.3 Å². The smallest absolute Gasteiger partial charge is 0.329 e. The molecule has 12 atom stereocenters. The van der Waals surface area contributed by atoms with Gasteiger partial charge in [0.2, 0.25) is 41.4 Å². The first-order chi connectivity index (χ1) is 37.6. The lowest BCUT2D eigenvalue weighted by Gasteiger charge is -2.37. The Bertz CT molecular complexity index is 2410. The van der Waals surface area contributed by atoms with E-state index in [9.17, 15) is 38.7 Å². The van der Waals surface area contributed by atoms with Crippen LogP contribution in [-0.2, 0) is 63.8 Å².